The number of nitrogen functional groups attached to an aromatic ring is 1. The maximum absolute atomic E-state index is 12.0. The fraction of sp³-hybridized carbons (Fsp3) is 0.133. The lowest BCUT2D eigenvalue weighted by atomic mass is 10.1. The van der Waals surface area contributed by atoms with Gasteiger partial charge in [-0.15, -0.1) is 0 Å². The summed E-state index contributed by atoms with van der Waals surface area (Å²) >= 11 is 6.88. The second-order valence-corrected chi connectivity index (χ2v) is 6.04. The number of carbonyl (C=O) groups is 1. The predicted octanol–water partition coefficient (Wildman–Crippen LogP) is 4.71. The molecule has 2 aromatic rings. The third-order valence-corrected chi connectivity index (χ3v) is 3.89. The smallest absolute Gasteiger partial charge is 0.340 e. The average Bonchev–Trinajstić information content (AvgIpc) is 2.43. The van der Waals surface area contributed by atoms with Crippen molar-refractivity contribution in [2.75, 3.05) is 17.7 Å². The van der Waals surface area contributed by atoms with Crippen LogP contribution >= 0.6 is 31.9 Å². The first-order valence-corrected chi connectivity index (χ1v) is 7.88. The van der Waals surface area contributed by atoms with Gasteiger partial charge < -0.3 is 15.8 Å². The van der Waals surface area contributed by atoms with E-state index in [1.165, 1.54) is 0 Å². The number of ether oxygens (including phenoxy) is 1. The topological polar surface area (TPSA) is 64.3 Å². The highest BCUT2D eigenvalue weighted by Crippen LogP contribution is 2.31. The van der Waals surface area contributed by atoms with Gasteiger partial charge in [0.1, 0.15) is 0 Å². The number of benzene rings is 2. The Kier molecular flexibility index (Phi) is 5.25. The molecule has 6 heteroatoms. The first kappa shape index (κ1) is 15.9. The summed E-state index contributed by atoms with van der Waals surface area (Å²) in [5.41, 5.74) is 8.16. The van der Waals surface area contributed by atoms with E-state index in [0.717, 1.165) is 14.6 Å². The molecule has 3 N–H and O–H groups in total. The molecule has 4 nitrogen and oxygen atoms in total. The Morgan fingerprint density at radius 2 is 1.90 bits per heavy atom. The quantitative estimate of drug-likeness (QED) is 0.562. The van der Waals surface area contributed by atoms with Crippen LogP contribution in [-0.2, 0) is 4.74 Å². The molecule has 0 aliphatic heterocycles. The summed E-state index contributed by atoms with van der Waals surface area (Å²) in [6.07, 6.45) is 0. The summed E-state index contributed by atoms with van der Waals surface area (Å²) < 4.78 is 6.90. The van der Waals surface area contributed by atoms with Crippen LogP contribution in [0.25, 0.3) is 0 Å². The fourth-order valence-electron chi connectivity index (χ4n) is 1.78. The molecule has 21 heavy (non-hydrogen) atoms. The zero-order valence-electron chi connectivity index (χ0n) is 11.3. The van der Waals surface area contributed by atoms with Crippen LogP contribution in [0.2, 0.25) is 0 Å². The van der Waals surface area contributed by atoms with Crippen LogP contribution in [0, 0.1) is 0 Å². The van der Waals surface area contributed by atoms with Gasteiger partial charge in [0.15, 0.2) is 0 Å². The Labute approximate surface area is 139 Å². The molecular formula is C15H14Br2N2O2. The van der Waals surface area contributed by atoms with E-state index >= 15 is 0 Å². The molecule has 0 unspecified atom stereocenters. The zero-order valence-corrected chi connectivity index (χ0v) is 14.5. The van der Waals surface area contributed by atoms with E-state index in [-0.39, 0.29) is 0 Å². The van der Waals surface area contributed by atoms with Crippen molar-refractivity contribution in [2.45, 2.75) is 6.92 Å². The number of nitrogens with one attached hydrogen (secondary N) is 1. The van der Waals surface area contributed by atoms with Crippen molar-refractivity contribution in [2.24, 2.45) is 0 Å². The molecule has 2 rings (SSSR count). The van der Waals surface area contributed by atoms with Crippen molar-refractivity contribution < 1.29 is 9.53 Å². The van der Waals surface area contributed by atoms with E-state index in [0.29, 0.717) is 23.5 Å². The summed E-state index contributed by atoms with van der Waals surface area (Å²) in [7, 11) is 0. The van der Waals surface area contributed by atoms with Crippen LogP contribution in [-0.4, -0.2) is 12.6 Å². The van der Waals surface area contributed by atoms with Gasteiger partial charge in [0.25, 0.3) is 0 Å². The largest absolute Gasteiger partial charge is 0.462 e. The van der Waals surface area contributed by atoms with Gasteiger partial charge in [-0.2, -0.15) is 0 Å². The fourth-order valence-corrected chi connectivity index (χ4v) is 2.93. The molecule has 0 bridgehead atoms. The Morgan fingerprint density at radius 3 is 2.57 bits per heavy atom. The number of rotatable bonds is 4. The van der Waals surface area contributed by atoms with E-state index in [1.807, 2.05) is 18.2 Å². The van der Waals surface area contributed by atoms with E-state index in [2.05, 4.69) is 37.2 Å². The highest BCUT2D eigenvalue weighted by atomic mass is 79.9. The average molecular weight is 414 g/mol. The third-order valence-electron chi connectivity index (χ3n) is 2.74. The zero-order chi connectivity index (χ0) is 15.4. The molecular weight excluding hydrogens is 400 g/mol. The first-order valence-electron chi connectivity index (χ1n) is 6.30. The van der Waals surface area contributed by atoms with Crippen LogP contribution in [0.4, 0.5) is 17.1 Å². The minimum absolute atomic E-state index is 0.315. The lowest BCUT2D eigenvalue weighted by Crippen LogP contribution is -2.08. The SMILES string of the molecule is CCOC(=O)c1cc(N)ccc1Nc1ccc(Br)cc1Br. The molecule has 0 radical (unpaired) electrons. The summed E-state index contributed by atoms with van der Waals surface area (Å²) in [4.78, 5) is 12.0. The number of anilines is 3. The third kappa shape index (κ3) is 3.98. The van der Waals surface area contributed by atoms with Crippen LogP contribution < -0.4 is 11.1 Å². The van der Waals surface area contributed by atoms with Gasteiger partial charge in [0.05, 0.1) is 23.5 Å². The lowest BCUT2D eigenvalue weighted by molar-refractivity contribution is 0.0527. The first-order chi connectivity index (χ1) is 10.0. The Morgan fingerprint density at radius 1 is 1.19 bits per heavy atom. The highest BCUT2D eigenvalue weighted by molar-refractivity contribution is 9.11. The molecule has 0 aromatic heterocycles. The molecule has 0 atom stereocenters. The van der Waals surface area contributed by atoms with Crippen molar-refractivity contribution in [3.8, 4) is 0 Å². The molecule has 0 heterocycles. The Bertz CT molecular complexity index is 675. The lowest BCUT2D eigenvalue weighted by Gasteiger charge is -2.13. The van der Waals surface area contributed by atoms with Gasteiger partial charge in [-0.25, -0.2) is 4.79 Å². The van der Waals surface area contributed by atoms with Gasteiger partial charge in [0.2, 0.25) is 0 Å². The molecule has 0 saturated heterocycles. The predicted molar refractivity (Wildman–Crippen MR) is 91.9 cm³/mol. The van der Waals surface area contributed by atoms with E-state index < -0.39 is 5.97 Å². The van der Waals surface area contributed by atoms with E-state index in [1.54, 1.807) is 25.1 Å². The second kappa shape index (κ2) is 6.95. The maximum Gasteiger partial charge on any atom is 0.340 e. The number of carbonyl (C=O) groups excluding carboxylic acids is 1. The van der Waals surface area contributed by atoms with Gasteiger partial charge in [0, 0.05) is 14.6 Å². The number of esters is 1. The maximum atomic E-state index is 12.0. The van der Waals surface area contributed by atoms with Crippen molar-refractivity contribution in [3.63, 3.8) is 0 Å². The molecule has 0 aliphatic carbocycles. The van der Waals surface area contributed by atoms with Crippen LogP contribution in [0.5, 0.6) is 0 Å². The normalized spacial score (nSPS) is 10.2. The van der Waals surface area contributed by atoms with E-state index in [4.69, 9.17) is 10.5 Å². The van der Waals surface area contributed by atoms with Gasteiger partial charge >= 0.3 is 5.97 Å². The summed E-state index contributed by atoms with van der Waals surface area (Å²) in [5.74, 6) is -0.402. The summed E-state index contributed by atoms with van der Waals surface area (Å²) in [6.45, 7) is 2.08. The van der Waals surface area contributed by atoms with Gasteiger partial charge in [-0.05, 0) is 59.3 Å². The number of hydrogen-bond acceptors (Lipinski definition) is 4. The molecule has 0 amide bonds. The minimum Gasteiger partial charge on any atom is -0.462 e. The van der Waals surface area contributed by atoms with Crippen molar-refractivity contribution >= 4 is 54.9 Å². The van der Waals surface area contributed by atoms with Gasteiger partial charge in [-0.1, -0.05) is 15.9 Å². The molecule has 2 aromatic carbocycles. The monoisotopic (exact) mass is 412 g/mol. The van der Waals surface area contributed by atoms with E-state index in [9.17, 15) is 4.79 Å². The van der Waals surface area contributed by atoms with Crippen molar-refractivity contribution in [3.05, 3.63) is 50.9 Å². The second-order valence-electron chi connectivity index (χ2n) is 4.27. The Balaban J connectivity index is 2.37. The van der Waals surface area contributed by atoms with Crippen LogP contribution in [0.15, 0.2) is 45.3 Å². The van der Waals surface area contributed by atoms with Gasteiger partial charge in [-0.3, -0.25) is 0 Å². The molecule has 0 spiro atoms. The van der Waals surface area contributed by atoms with Crippen molar-refractivity contribution in [1.82, 2.24) is 0 Å². The standard InChI is InChI=1S/C15H14Br2N2O2/c1-2-21-15(20)11-8-10(18)4-6-13(11)19-14-5-3-9(16)7-12(14)17/h3-8,19H,2,18H2,1H3. The molecule has 110 valence electrons. The molecule has 0 fully saturated rings. The molecule has 0 saturated carbocycles. The number of nitrogens with two attached hydrogens (primary N) is 1. The van der Waals surface area contributed by atoms with Crippen LogP contribution in [0.1, 0.15) is 17.3 Å². The van der Waals surface area contributed by atoms with Crippen molar-refractivity contribution in [1.29, 1.82) is 0 Å². The molecule has 0 aliphatic rings. The number of hydrogen-bond donors (Lipinski definition) is 2. The summed E-state index contributed by atoms with van der Waals surface area (Å²) in [5, 5.41) is 3.21. The summed E-state index contributed by atoms with van der Waals surface area (Å²) in [6, 6.07) is 10.8. The van der Waals surface area contributed by atoms with Crippen LogP contribution in [0.3, 0.4) is 0 Å². The minimum atomic E-state index is -0.402. The number of halogens is 2. The Hall–Kier alpha value is -1.53. The highest BCUT2D eigenvalue weighted by Gasteiger charge is 2.14.